The molecule has 10 heteroatoms. The zero-order valence-electron chi connectivity index (χ0n) is 15.5. The van der Waals surface area contributed by atoms with Gasteiger partial charge >= 0.3 is 0 Å². The molecule has 1 aromatic heterocycles. The molecule has 0 unspecified atom stereocenters. The third-order valence-electron chi connectivity index (χ3n) is 4.31. The highest BCUT2D eigenvalue weighted by Gasteiger charge is 2.28. The number of aromatic nitrogens is 2. The Kier molecular flexibility index (Phi) is 6.64. The van der Waals surface area contributed by atoms with Gasteiger partial charge in [-0.25, -0.2) is 13.1 Å². The Morgan fingerprint density at radius 2 is 1.85 bits per heavy atom. The van der Waals surface area contributed by atoms with E-state index in [4.69, 9.17) is 12.2 Å². The van der Waals surface area contributed by atoms with Gasteiger partial charge in [0.1, 0.15) is 0 Å². The molecule has 0 bridgehead atoms. The predicted molar refractivity (Wildman–Crippen MR) is 111 cm³/mol. The van der Waals surface area contributed by atoms with Crippen LogP contribution in [0.3, 0.4) is 0 Å². The highest BCUT2D eigenvalue weighted by Crippen LogP contribution is 2.19. The molecule has 1 fully saturated rings. The second-order valence-corrected chi connectivity index (χ2v) is 10.5. The molecular weight excluding hydrogens is 402 g/mol. The molecule has 7 nitrogen and oxygen atoms in total. The molecule has 2 aromatic rings. The van der Waals surface area contributed by atoms with Crippen LogP contribution in [0, 0.1) is 9.87 Å². The van der Waals surface area contributed by atoms with Crippen molar-refractivity contribution >= 4 is 38.7 Å². The Morgan fingerprint density at radius 1 is 1.19 bits per heavy atom. The third-order valence-corrected chi connectivity index (χ3v) is 7.49. The van der Waals surface area contributed by atoms with Crippen molar-refractivity contribution in [3.05, 3.63) is 34.3 Å². The van der Waals surface area contributed by atoms with Gasteiger partial charge in [-0.1, -0.05) is 43.4 Å². The summed E-state index contributed by atoms with van der Waals surface area (Å²) in [5.41, 5.74) is 0. The molecule has 1 N–H and O–H groups in total. The summed E-state index contributed by atoms with van der Waals surface area (Å²) in [6, 6.07) is 8.60. The van der Waals surface area contributed by atoms with Crippen LogP contribution in [0.25, 0.3) is 0 Å². The maximum atomic E-state index is 12.7. The molecule has 148 valence electrons. The van der Waals surface area contributed by atoms with Gasteiger partial charge in [0.15, 0.2) is 3.95 Å². The molecule has 0 spiro atoms. The second-order valence-electron chi connectivity index (χ2n) is 6.92. The van der Waals surface area contributed by atoms with E-state index in [2.05, 4.69) is 29.2 Å². The number of benzene rings is 1. The molecule has 1 aliphatic heterocycles. The number of nitrogens with zero attached hydrogens (tertiary/aromatic N) is 4. The largest absolute Gasteiger partial charge is 0.360 e. The van der Waals surface area contributed by atoms with Crippen LogP contribution < -0.4 is 5.32 Å². The SMILES string of the molecule is CC(C)CNc1nn(CN2CCN(S(=O)(=O)c3ccccc3)CC2)c(=S)s1. The van der Waals surface area contributed by atoms with E-state index in [1.165, 1.54) is 11.3 Å². The van der Waals surface area contributed by atoms with Crippen molar-refractivity contribution in [3.63, 3.8) is 0 Å². The number of piperazine rings is 1. The van der Waals surface area contributed by atoms with Crippen LogP contribution in [0.1, 0.15) is 13.8 Å². The highest BCUT2D eigenvalue weighted by atomic mass is 32.2. The Morgan fingerprint density at radius 3 is 2.48 bits per heavy atom. The van der Waals surface area contributed by atoms with Gasteiger partial charge in [0.2, 0.25) is 15.2 Å². The van der Waals surface area contributed by atoms with Crippen LogP contribution in [-0.4, -0.2) is 60.1 Å². The van der Waals surface area contributed by atoms with Gasteiger partial charge in [0.25, 0.3) is 0 Å². The number of anilines is 1. The number of nitrogens with one attached hydrogen (secondary N) is 1. The Balaban J connectivity index is 1.58. The van der Waals surface area contributed by atoms with Crippen molar-refractivity contribution in [1.29, 1.82) is 0 Å². The summed E-state index contributed by atoms with van der Waals surface area (Å²) in [6.07, 6.45) is 0. The van der Waals surface area contributed by atoms with Gasteiger partial charge in [-0.3, -0.25) is 4.90 Å². The average molecular weight is 428 g/mol. The maximum absolute atomic E-state index is 12.7. The fourth-order valence-corrected chi connectivity index (χ4v) is 5.24. The number of rotatable bonds is 7. The van der Waals surface area contributed by atoms with Crippen molar-refractivity contribution in [3.8, 4) is 0 Å². The van der Waals surface area contributed by atoms with Crippen LogP contribution in [0.15, 0.2) is 35.2 Å². The lowest BCUT2D eigenvalue weighted by Crippen LogP contribution is -2.48. The lowest BCUT2D eigenvalue weighted by atomic mass is 10.2. The van der Waals surface area contributed by atoms with Crippen molar-refractivity contribution in [2.75, 3.05) is 38.0 Å². The first-order valence-corrected chi connectivity index (χ1v) is 11.6. The normalized spacial score (nSPS) is 16.7. The molecule has 27 heavy (non-hydrogen) atoms. The number of sulfonamides is 1. The standard InChI is InChI=1S/C17H25N5O2S3/c1-14(2)12-18-16-19-22(17(25)26-16)13-20-8-10-21(11-9-20)27(23,24)15-6-4-3-5-7-15/h3-7,14H,8-13H2,1-2H3,(H,18,19). The first-order chi connectivity index (χ1) is 12.9. The fraction of sp³-hybridized carbons (Fsp3) is 0.529. The van der Waals surface area contributed by atoms with Crippen LogP contribution in [-0.2, 0) is 16.7 Å². The monoisotopic (exact) mass is 427 g/mol. The summed E-state index contributed by atoms with van der Waals surface area (Å²) in [4.78, 5) is 2.53. The van der Waals surface area contributed by atoms with E-state index in [1.54, 1.807) is 28.6 Å². The quantitative estimate of drug-likeness (QED) is 0.685. The summed E-state index contributed by atoms with van der Waals surface area (Å²) < 4.78 is 29.5. The van der Waals surface area contributed by atoms with E-state index in [1.807, 2.05) is 10.7 Å². The van der Waals surface area contributed by atoms with Crippen molar-refractivity contribution in [2.45, 2.75) is 25.4 Å². The van der Waals surface area contributed by atoms with E-state index in [0.717, 1.165) is 15.6 Å². The van der Waals surface area contributed by atoms with E-state index in [0.29, 0.717) is 43.7 Å². The van der Waals surface area contributed by atoms with Crippen LogP contribution in [0.5, 0.6) is 0 Å². The lowest BCUT2D eigenvalue weighted by molar-refractivity contribution is 0.145. The van der Waals surface area contributed by atoms with Crippen LogP contribution >= 0.6 is 23.6 Å². The fourth-order valence-electron chi connectivity index (χ4n) is 2.80. The highest BCUT2D eigenvalue weighted by molar-refractivity contribution is 7.89. The summed E-state index contributed by atoms with van der Waals surface area (Å²) >= 11 is 6.88. The number of hydrogen-bond donors (Lipinski definition) is 1. The predicted octanol–water partition coefficient (Wildman–Crippen LogP) is 2.71. The maximum Gasteiger partial charge on any atom is 0.243 e. The molecule has 1 saturated heterocycles. The van der Waals surface area contributed by atoms with E-state index < -0.39 is 10.0 Å². The van der Waals surface area contributed by atoms with E-state index in [9.17, 15) is 8.42 Å². The molecule has 1 aliphatic rings. The summed E-state index contributed by atoms with van der Waals surface area (Å²) in [5, 5.41) is 8.67. The molecular formula is C17H25N5O2S3. The molecule has 0 radical (unpaired) electrons. The van der Waals surface area contributed by atoms with Gasteiger partial charge in [-0.05, 0) is 30.3 Å². The van der Waals surface area contributed by atoms with Crippen LogP contribution in [0.2, 0.25) is 0 Å². The van der Waals surface area contributed by atoms with Gasteiger partial charge in [-0.15, -0.1) is 5.10 Å². The van der Waals surface area contributed by atoms with Gasteiger partial charge < -0.3 is 5.32 Å². The minimum Gasteiger partial charge on any atom is -0.360 e. The molecule has 0 amide bonds. The van der Waals surface area contributed by atoms with Crippen molar-refractivity contribution in [2.24, 2.45) is 5.92 Å². The first kappa shape index (κ1) is 20.4. The molecule has 0 atom stereocenters. The molecule has 2 heterocycles. The topological polar surface area (TPSA) is 70.5 Å². The van der Waals surface area contributed by atoms with E-state index >= 15 is 0 Å². The van der Waals surface area contributed by atoms with Crippen molar-refractivity contribution < 1.29 is 8.42 Å². The van der Waals surface area contributed by atoms with Gasteiger partial charge in [-0.2, -0.15) is 4.31 Å². The second kappa shape index (κ2) is 8.78. The summed E-state index contributed by atoms with van der Waals surface area (Å²) in [7, 11) is -3.42. The average Bonchev–Trinajstić information content (AvgIpc) is 3.01. The third kappa shape index (κ3) is 5.14. The number of hydrogen-bond acceptors (Lipinski definition) is 7. The zero-order chi connectivity index (χ0) is 19.4. The lowest BCUT2D eigenvalue weighted by Gasteiger charge is -2.33. The minimum atomic E-state index is -3.42. The Bertz CT molecular complexity index is 900. The van der Waals surface area contributed by atoms with E-state index in [-0.39, 0.29) is 0 Å². The van der Waals surface area contributed by atoms with Gasteiger partial charge in [0, 0.05) is 32.7 Å². The zero-order valence-corrected chi connectivity index (χ0v) is 18.0. The summed E-state index contributed by atoms with van der Waals surface area (Å²) in [6.45, 7) is 7.97. The molecule has 0 saturated carbocycles. The Hall–Kier alpha value is -1.33. The van der Waals surface area contributed by atoms with Crippen molar-refractivity contribution in [1.82, 2.24) is 19.0 Å². The first-order valence-electron chi connectivity index (χ1n) is 8.95. The molecule has 0 aliphatic carbocycles. The van der Waals surface area contributed by atoms with Crippen LogP contribution in [0.4, 0.5) is 5.13 Å². The minimum absolute atomic E-state index is 0.348. The molecule has 1 aromatic carbocycles. The Labute approximate surface area is 169 Å². The smallest absolute Gasteiger partial charge is 0.243 e. The molecule has 3 rings (SSSR count). The summed E-state index contributed by atoms with van der Waals surface area (Å²) in [5.74, 6) is 0.538. The van der Waals surface area contributed by atoms with Gasteiger partial charge in [0.05, 0.1) is 11.6 Å².